The third-order valence-corrected chi connectivity index (χ3v) is 4.12. The third-order valence-electron chi connectivity index (χ3n) is 4.12. The van der Waals surface area contributed by atoms with Crippen LogP contribution in [-0.2, 0) is 4.74 Å². The van der Waals surface area contributed by atoms with Gasteiger partial charge in [0.15, 0.2) is 0 Å². The molecule has 1 atom stereocenters. The summed E-state index contributed by atoms with van der Waals surface area (Å²) in [5.41, 5.74) is 3.80. The molecular formula is C14H24N2O2. The quantitative estimate of drug-likeness (QED) is 0.625. The molecule has 1 unspecified atom stereocenters. The van der Waals surface area contributed by atoms with Crippen molar-refractivity contribution in [2.75, 3.05) is 6.61 Å². The van der Waals surface area contributed by atoms with Crippen molar-refractivity contribution in [3.63, 3.8) is 0 Å². The number of rotatable bonds is 5. The highest BCUT2D eigenvalue weighted by molar-refractivity contribution is 5.17. The van der Waals surface area contributed by atoms with Gasteiger partial charge in [0.1, 0.15) is 0 Å². The van der Waals surface area contributed by atoms with Gasteiger partial charge in [0, 0.05) is 12.2 Å². The van der Waals surface area contributed by atoms with Gasteiger partial charge in [0.05, 0.1) is 24.2 Å². The van der Waals surface area contributed by atoms with Crippen molar-refractivity contribution in [1.82, 2.24) is 5.43 Å². The van der Waals surface area contributed by atoms with E-state index in [1.807, 2.05) is 13.0 Å². The number of hydrogen-bond acceptors (Lipinski definition) is 4. The normalized spacial score (nSPS) is 30.3. The maximum atomic E-state index is 6.11. The van der Waals surface area contributed by atoms with Crippen molar-refractivity contribution in [3.8, 4) is 0 Å². The molecule has 1 aliphatic rings. The van der Waals surface area contributed by atoms with Gasteiger partial charge in [-0.25, -0.2) is 5.43 Å². The van der Waals surface area contributed by atoms with Crippen molar-refractivity contribution >= 4 is 0 Å². The maximum Gasteiger partial charge on any atom is 0.0952 e. The Morgan fingerprint density at radius 1 is 1.56 bits per heavy atom. The average molecular weight is 252 g/mol. The number of ether oxygens (including phenoxy) is 1. The highest BCUT2D eigenvalue weighted by atomic mass is 16.5. The van der Waals surface area contributed by atoms with Crippen LogP contribution in [0.5, 0.6) is 0 Å². The van der Waals surface area contributed by atoms with Crippen molar-refractivity contribution in [2.45, 2.75) is 51.2 Å². The SMILES string of the molecule is CCOC1(C(NN)c2ccoc2)CCC(C)CC1. The Kier molecular flexibility index (Phi) is 4.43. The van der Waals surface area contributed by atoms with Crippen molar-refractivity contribution < 1.29 is 9.15 Å². The Morgan fingerprint density at radius 3 is 2.78 bits per heavy atom. The Morgan fingerprint density at radius 2 is 2.28 bits per heavy atom. The van der Waals surface area contributed by atoms with Crippen LogP contribution in [0.1, 0.15) is 51.1 Å². The molecule has 4 nitrogen and oxygen atoms in total. The average Bonchev–Trinajstić information content (AvgIpc) is 2.88. The van der Waals surface area contributed by atoms with E-state index in [1.165, 1.54) is 12.8 Å². The van der Waals surface area contributed by atoms with E-state index in [2.05, 4.69) is 12.3 Å². The predicted molar refractivity (Wildman–Crippen MR) is 70.8 cm³/mol. The second-order valence-electron chi connectivity index (χ2n) is 5.34. The number of hydrazine groups is 1. The van der Waals surface area contributed by atoms with Gasteiger partial charge in [-0.05, 0) is 44.6 Å². The lowest BCUT2D eigenvalue weighted by Gasteiger charge is -2.44. The summed E-state index contributed by atoms with van der Waals surface area (Å²) in [4.78, 5) is 0. The number of hydrogen-bond donors (Lipinski definition) is 2. The lowest BCUT2D eigenvalue weighted by Crippen LogP contribution is -2.50. The molecule has 0 aliphatic heterocycles. The standard InChI is InChI=1S/C14H24N2O2/c1-3-18-14(7-4-11(2)5-8-14)13(16-15)12-6-9-17-10-12/h6,9-11,13,16H,3-5,7-8,15H2,1-2H3. The minimum atomic E-state index is -0.195. The molecule has 0 bridgehead atoms. The molecule has 1 aliphatic carbocycles. The molecule has 3 N–H and O–H groups in total. The Hall–Kier alpha value is -0.840. The van der Waals surface area contributed by atoms with Gasteiger partial charge in [-0.3, -0.25) is 5.84 Å². The Bertz CT molecular complexity index is 343. The molecule has 1 aromatic rings. The zero-order chi connectivity index (χ0) is 13.0. The summed E-state index contributed by atoms with van der Waals surface area (Å²) in [5.74, 6) is 6.55. The van der Waals surface area contributed by atoms with Crippen LogP contribution in [0.25, 0.3) is 0 Å². The number of nitrogens with one attached hydrogen (secondary N) is 1. The number of nitrogens with two attached hydrogens (primary N) is 1. The van der Waals surface area contributed by atoms with E-state index >= 15 is 0 Å². The maximum absolute atomic E-state index is 6.11. The van der Waals surface area contributed by atoms with Crippen LogP contribution in [0.2, 0.25) is 0 Å². The van der Waals surface area contributed by atoms with E-state index in [9.17, 15) is 0 Å². The summed E-state index contributed by atoms with van der Waals surface area (Å²) in [6, 6.07) is 1.97. The highest BCUT2D eigenvalue weighted by Gasteiger charge is 2.42. The van der Waals surface area contributed by atoms with Gasteiger partial charge in [0.2, 0.25) is 0 Å². The second kappa shape index (κ2) is 5.87. The topological polar surface area (TPSA) is 60.4 Å². The summed E-state index contributed by atoms with van der Waals surface area (Å²) < 4.78 is 11.3. The van der Waals surface area contributed by atoms with Crippen molar-refractivity contribution in [2.24, 2.45) is 11.8 Å². The minimum absolute atomic E-state index is 0.00343. The molecule has 2 rings (SSSR count). The van der Waals surface area contributed by atoms with Gasteiger partial charge in [-0.15, -0.1) is 0 Å². The fraction of sp³-hybridized carbons (Fsp3) is 0.714. The van der Waals surface area contributed by atoms with Gasteiger partial charge < -0.3 is 9.15 Å². The monoisotopic (exact) mass is 252 g/mol. The largest absolute Gasteiger partial charge is 0.472 e. The zero-order valence-electron chi connectivity index (χ0n) is 11.3. The lowest BCUT2D eigenvalue weighted by atomic mass is 9.74. The molecular weight excluding hydrogens is 228 g/mol. The van der Waals surface area contributed by atoms with Gasteiger partial charge in [0.25, 0.3) is 0 Å². The highest BCUT2D eigenvalue weighted by Crippen LogP contribution is 2.43. The third kappa shape index (κ3) is 2.60. The molecule has 0 saturated heterocycles. The van der Waals surface area contributed by atoms with Crippen LogP contribution < -0.4 is 11.3 Å². The fourth-order valence-electron chi connectivity index (χ4n) is 3.05. The first kappa shape index (κ1) is 13.6. The van der Waals surface area contributed by atoms with Crippen LogP contribution in [0, 0.1) is 5.92 Å². The van der Waals surface area contributed by atoms with Gasteiger partial charge in [-0.1, -0.05) is 6.92 Å². The molecule has 0 aromatic carbocycles. The molecule has 1 aromatic heterocycles. The molecule has 0 amide bonds. The smallest absolute Gasteiger partial charge is 0.0952 e. The van der Waals surface area contributed by atoms with Crippen LogP contribution >= 0.6 is 0 Å². The van der Waals surface area contributed by atoms with Crippen molar-refractivity contribution in [1.29, 1.82) is 0 Å². The van der Waals surface area contributed by atoms with E-state index < -0.39 is 0 Å². The molecule has 1 heterocycles. The van der Waals surface area contributed by atoms with E-state index in [1.54, 1.807) is 12.5 Å². The van der Waals surface area contributed by atoms with Crippen LogP contribution in [0.4, 0.5) is 0 Å². The van der Waals surface area contributed by atoms with E-state index in [0.29, 0.717) is 6.61 Å². The first-order chi connectivity index (χ1) is 8.72. The summed E-state index contributed by atoms with van der Waals surface area (Å²) in [5, 5.41) is 0. The molecule has 0 radical (unpaired) electrons. The molecule has 102 valence electrons. The predicted octanol–water partition coefficient (Wildman–Crippen LogP) is 2.77. The molecule has 18 heavy (non-hydrogen) atoms. The second-order valence-corrected chi connectivity index (χ2v) is 5.34. The number of furan rings is 1. The lowest BCUT2D eigenvalue weighted by molar-refractivity contribution is -0.0977. The first-order valence-electron chi connectivity index (χ1n) is 6.84. The molecule has 1 fully saturated rings. The van der Waals surface area contributed by atoms with Crippen LogP contribution in [0.15, 0.2) is 23.0 Å². The van der Waals surface area contributed by atoms with E-state index in [-0.39, 0.29) is 11.6 Å². The van der Waals surface area contributed by atoms with Gasteiger partial charge >= 0.3 is 0 Å². The zero-order valence-corrected chi connectivity index (χ0v) is 11.3. The molecule has 0 spiro atoms. The fourth-order valence-corrected chi connectivity index (χ4v) is 3.05. The van der Waals surface area contributed by atoms with Crippen LogP contribution in [0.3, 0.4) is 0 Å². The summed E-state index contributed by atoms with van der Waals surface area (Å²) in [7, 11) is 0. The summed E-state index contributed by atoms with van der Waals surface area (Å²) in [6.45, 7) is 5.06. The van der Waals surface area contributed by atoms with E-state index in [4.69, 9.17) is 15.0 Å². The Balaban J connectivity index is 2.22. The van der Waals surface area contributed by atoms with Crippen LogP contribution in [-0.4, -0.2) is 12.2 Å². The first-order valence-corrected chi connectivity index (χ1v) is 6.84. The Labute approximate surface area is 109 Å². The summed E-state index contributed by atoms with van der Waals surface area (Å²) in [6.07, 6.45) is 7.91. The minimum Gasteiger partial charge on any atom is -0.472 e. The van der Waals surface area contributed by atoms with E-state index in [0.717, 1.165) is 24.3 Å². The summed E-state index contributed by atoms with van der Waals surface area (Å²) >= 11 is 0. The van der Waals surface area contributed by atoms with Crippen molar-refractivity contribution in [3.05, 3.63) is 24.2 Å². The van der Waals surface area contributed by atoms with Gasteiger partial charge in [-0.2, -0.15) is 0 Å². The molecule has 4 heteroatoms. The molecule has 1 saturated carbocycles.